The van der Waals surface area contributed by atoms with Crippen molar-refractivity contribution in [2.24, 2.45) is 11.7 Å². The van der Waals surface area contributed by atoms with Crippen LogP contribution in [0.15, 0.2) is 78.2 Å². The Morgan fingerprint density at radius 1 is 1.27 bits per heavy atom. The van der Waals surface area contributed by atoms with Crippen molar-refractivity contribution in [3.63, 3.8) is 0 Å². The smallest absolute Gasteiger partial charge is 0.230 e. The minimum absolute atomic E-state index is 0.0395. The summed E-state index contributed by atoms with van der Waals surface area (Å²) in [6.07, 6.45) is 13.3. The van der Waals surface area contributed by atoms with E-state index in [9.17, 15) is 9.90 Å². The monoisotopic (exact) mass is 562 g/mol. The number of carbonyl (C=O) groups excluding carboxylic acids is 1. The number of rotatable bonds is 7. The van der Waals surface area contributed by atoms with E-state index < -0.39 is 17.4 Å². The number of halogens is 1. The van der Waals surface area contributed by atoms with Crippen LogP contribution in [0.3, 0.4) is 0 Å². The third kappa shape index (κ3) is 5.87. The minimum Gasteiger partial charge on any atom is -0.490 e. The maximum atomic E-state index is 12.3. The normalized spacial score (nSPS) is 26.8. The van der Waals surface area contributed by atoms with Gasteiger partial charge in [0.2, 0.25) is 11.8 Å². The highest BCUT2D eigenvalue weighted by molar-refractivity contribution is 6.30. The molecular formula is C32H37ClN3O4+. The minimum atomic E-state index is -0.835. The predicted octanol–water partition coefficient (Wildman–Crippen LogP) is 5.30. The van der Waals surface area contributed by atoms with Gasteiger partial charge in [-0.1, -0.05) is 42.0 Å². The third-order valence-electron chi connectivity index (χ3n) is 8.07. The summed E-state index contributed by atoms with van der Waals surface area (Å²) in [4.78, 5) is 16.8. The number of pyridine rings is 1. The Hall–Kier alpha value is -3.39. The Bertz CT molecular complexity index is 1400. The molecule has 1 saturated heterocycles. The second-order valence-electron chi connectivity index (χ2n) is 11.4. The summed E-state index contributed by atoms with van der Waals surface area (Å²) in [6, 6.07) is 9.37. The molecule has 210 valence electrons. The molecule has 0 radical (unpaired) electrons. The second kappa shape index (κ2) is 11.2. The van der Waals surface area contributed by atoms with Crippen molar-refractivity contribution in [1.29, 1.82) is 0 Å². The molecule has 0 saturated carbocycles. The summed E-state index contributed by atoms with van der Waals surface area (Å²) in [6.45, 7) is 6.56. The Balaban J connectivity index is 1.41. The van der Waals surface area contributed by atoms with Crippen molar-refractivity contribution in [3.8, 4) is 11.6 Å². The first-order valence-corrected chi connectivity index (χ1v) is 14.2. The van der Waals surface area contributed by atoms with E-state index in [1.165, 1.54) is 0 Å². The van der Waals surface area contributed by atoms with Gasteiger partial charge in [-0.3, -0.25) is 4.79 Å². The standard InChI is InChI=1S/C32H36ClN3O4/c1-21(2)39-28-13-16-35-31-29(28)22(20-26-25(30(34)37)7-4-8-27(26)40-31)6-5-17-36(3)18-14-32(38,15-19-36)23-9-11-24(33)12-10-23/h4,6-13,16,20-21,25,38H,5,14-15,17-19H2,1-3H3,(H-,34,37)/p+1. The van der Waals surface area contributed by atoms with Gasteiger partial charge in [0.1, 0.15) is 17.1 Å². The molecule has 1 aromatic carbocycles. The first kappa shape index (κ1) is 28.1. The van der Waals surface area contributed by atoms with Crippen LogP contribution in [0.25, 0.3) is 5.57 Å². The van der Waals surface area contributed by atoms with Crippen molar-refractivity contribution in [2.45, 2.75) is 44.8 Å². The molecule has 1 unspecified atom stereocenters. The van der Waals surface area contributed by atoms with Crippen LogP contribution in [0.2, 0.25) is 5.02 Å². The average molecular weight is 563 g/mol. The fraction of sp³-hybridized carbons (Fsp3) is 0.375. The summed E-state index contributed by atoms with van der Waals surface area (Å²) < 4.78 is 13.2. The van der Waals surface area contributed by atoms with Gasteiger partial charge in [0.15, 0.2) is 0 Å². The number of carbonyl (C=O) groups is 1. The number of amides is 1. The zero-order chi connectivity index (χ0) is 28.5. The Morgan fingerprint density at radius 3 is 2.67 bits per heavy atom. The molecule has 40 heavy (non-hydrogen) atoms. The van der Waals surface area contributed by atoms with Crippen LogP contribution >= 0.6 is 11.6 Å². The van der Waals surface area contributed by atoms with Crippen molar-refractivity contribution >= 4 is 23.1 Å². The lowest BCUT2D eigenvalue weighted by atomic mass is 9.83. The van der Waals surface area contributed by atoms with Crippen LogP contribution in [-0.2, 0) is 10.4 Å². The first-order valence-electron chi connectivity index (χ1n) is 13.8. The highest BCUT2D eigenvalue weighted by Crippen LogP contribution is 2.42. The Labute approximate surface area is 240 Å². The molecule has 0 spiro atoms. The van der Waals surface area contributed by atoms with Gasteiger partial charge < -0.3 is 24.8 Å². The van der Waals surface area contributed by atoms with E-state index in [0.29, 0.717) is 40.8 Å². The Morgan fingerprint density at radius 2 is 2.00 bits per heavy atom. The van der Waals surface area contributed by atoms with Crippen LogP contribution in [0, 0.1) is 5.92 Å². The molecule has 0 bridgehead atoms. The lowest BCUT2D eigenvalue weighted by Gasteiger charge is -2.44. The van der Waals surface area contributed by atoms with Gasteiger partial charge in [0, 0.05) is 36.1 Å². The van der Waals surface area contributed by atoms with Gasteiger partial charge in [-0.25, -0.2) is 4.98 Å². The second-order valence-corrected chi connectivity index (χ2v) is 11.9. The van der Waals surface area contributed by atoms with E-state index in [1.54, 1.807) is 18.3 Å². The predicted molar refractivity (Wildman–Crippen MR) is 157 cm³/mol. The number of likely N-dealkylation sites (tertiary alicyclic amines) is 1. The van der Waals surface area contributed by atoms with E-state index in [1.807, 2.05) is 56.3 Å². The number of quaternary nitrogens is 1. The van der Waals surface area contributed by atoms with E-state index in [0.717, 1.165) is 47.2 Å². The number of hydrogen-bond donors (Lipinski definition) is 2. The average Bonchev–Trinajstić information content (AvgIpc) is 3.07. The first-order chi connectivity index (χ1) is 19.1. The molecule has 2 aliphatic heterocycles. The van der Waals surface area contributed by atoms with Gasteiger partial charge in [-0.2, -0.15) is 0 Å². The lowest BCUT2D eigenvalue weighted by molar-refractivity contribution is -0.916. The molecule has 1 fully saturated rings. The van der Waals surface area contributed by atoms with Crippen LogP contribution in [-0.4, -0.2) is 53.3 Å². The van der Waals surface area contributed by atoms with Crippen molar-refractivity contribution in [2.75, 3.05) is 26.7 Å². The number of nitrogens with two attached hydrogens (primary N) is 1. The largest absolute Gasteiger partial charge is 0.490 e. The lowest BCUT2D eigenvalue weighted by Crippen LogP contribution is -2.54. The molecule has 2 aromatic rings. The molecule has 1 aliphatic carbocycles. The van der Waals surface area contributed by atoms with E-state index in [4.69, 9.17) is 26.8 Å². The molecule has 3 heterocycles. The number of primary amides is 1. The molecule has 1 amide bonds. The summed E-state index contributed by atoms with van der Waals surface area (Å²) in [5.74, 6) is 0.642. The maximum absolute atomic E-state index is 12.3. The van der Waals surface area contributed by atoms with Crippen LogP contribution in [0.1, 0.15) is 44.2 Å². The van der Waals surface area contributed by atoms with Gasteiger partial charge in [-0.15, -0.1) is 0 Å². The molecule has 7 nitrogen and oxygen atoms in total. The molecule has 3 N–H and O–H groups in total. The number of piperidine rings is 1. The van der Waals surface area contributed by atoms with Gasteiger partial charge >= 0.3 is 0 Å². The van der Waals surface area contributed by atoms with Gasteiger partial charge in [0.25, 0.3) is 0 Å². The Kier molecular flexibility index (Phi) is 7.91. The quantitative estimate of drug-likeness (QED) is 0.447. The number of aromatic nitrogens is 1. The number of allylic oxidation sites excluding steroid dienone is 5. The summed E-state index contributed by atoms with van der Waals surface area (Å²) in [5.41, 5.74) is 8.21. The van der Waals surface area contributed by atoms with Gasteiger partial charge in [-0.05, 0) is 55.3 Å². The van der Waals surface area contributed by atoms with Crippen LogP contribution < -0.4 is 15.2 Å². The number of nitrogens with zero attached hydrogens (tertiary/aromatic N) is 2. The topological polar surface area (TPSA) is 94.7 Å². The summed E-state index contributed by atoms with van der Waals surface area (Å²) in [7, 11) is 2.24. The van der Waals surface area contributed by atoms with E-state index in [-0.39, 0.29) is 6.10 Å². The highest BCUT2D eigenvalue weighted by atomic mass is 35.5. The SMILES string of the molecule is CC(C)Oc1ccnc2c1C(=CCC[N+]1(C)CCC(O)(c3ccc(Cl)cc3)CC1)C=C1C(=CC=CC1C(N)=O)O2. The molecule has 1 aromatic heterocycles. The van der Waals surface area contributed by atoms with Gasteiger partial charge in [0.05, 0.1) is 44.3 Å². The van der Waals surface area contributed by atoms with Crippen molar-refractivity contribution < 1.29 is 23.9 Å². The third-order valence-corrected chi connectivity index (χ3v) is 8.32. The molecule has 5 rings (SSSR count). The number of ether oxygens (including phenoxy) is 2. The number of benzene rings is 1. The molecule has 8 heteroatoms. The zero-order valence-electron chi connectivity index (χ0n) is 23.3. The van der Waals surface area contributed by atoms with E-state index in [2.05, 4.69) is 18.1 Å². The summed E-state index contributed by atoms with van der Waals surface area (Å²) >= 11 is 6.06. The summed E-state index contributed by atoms with van der Waals surface area (Å²) in [5, 5.41) is 12.0. The zero-order valence-corrected chi connectivity index (χ0v) is 24.0. The van der Waals surface area contributed by atoms with Crippen LogP contribution in [0.4, 0.5) is 0 Å². The maximum Gasteiger partial charge on any atom is 0.230 e. The fourth-order valence-corrected chi connectivity index (χ4v) is 5.81. The van der Waals surface area contributed by atoms with Crippen molar-refractivity contribution in [3.05, 3.63) is 94.4 Å². The van der Waals surface area contributed by atoms with Crippen LogP contribution in [0.5, 0.6) is 11.6 Å². The number of fused-ring (bicyclic) bond motifs is 2. The highest BCUT2D eigenvalue weighted by Gasteiger charge is 2.40. The number of hydrogen-bond acceptors (Lipinski definition) is 5. The van der Waals surface area contributed by atoms with E-state index >= 15 is 0 Å². The molecule has 3 aliphatic rings. The molecule has 1 atom stereocenters. The molecular weight excluding hydrogens is 526 g/mol. The fourth-order valence-electron chi connectivity index (χ4n) is 5.69. The van der Waals surface area contributed by atoms with Crippen molar-refractivity contribution in [1.82, 2.24) is 4.98 Å². The number of aliphatic hydroxyl groups is 1.